The molecule has 2 heterocycles. The number of piperidine rings is 1. The fraction of sp³-hybridized carbons (Fsp3) is 0.667. The summed E-state index contributed by atoms with van der Waals surface area (Å²) in [6, 6.07) is 0.288. The SMILES string of the molecule is CC(CN1CCCCC1)Nc1ncnc(Cl)c1N. The topological polar surface area (TPSA) is 67.1 Å². The highest BCUT2D eigenvalue weighted by molar-refractivity contribution is 6.32. The molecule has 6 heteroatoms. The van der Waals surface area contributed by atoms with Crippen LogP contribution in [0.5, 0.6) is 0 Å². The van der Waals surface area contributed by atoms with Crippen molar-refractivity contribution in [1.82, 2.24) is 14.9 Å². The van der Waals surface area contributed by atoms with Crippen LogP contribution in [0, 0.1) is 0 Å². The van der Waals surface area contributed by atoms with Crippen molar-refractivity contribution in [2.45, 2.75) is 32.2 Å². The maximum Gasteiger partial charge on any atom is 0.157 e. The first-order chi connectivity index (χ1) is 8.66. The molecule has 5 nitrogen and oxygen atoms in total. The van der Waals surface area contributed by atoms with E-state index in [4.69, 9.17) is 17.3 Å². The number of nitrogens with zero attached hydrogens (tertiary/aromatic N) is 3. The normalized spacial score (nSPS) is 18.6. The average Bonchev–Trinajstić information content (AvgIpc) is 2.36. The van der Waals surface area contributed by atoms with Gasteiger partial charge in [0.1, 0.15) is 12.0 Å². The lowest BCUT2D eigenvalue weighted by Gasteiger charge is -2.29. The third kappa shape index (κ3) is 3.46. The quantitative estimate of drug-likeness (QED) is 0.819. The Labute approximate surface area is 113 Å². The molecule has 100 valence electrons. The van der Waals surface area contributed by atoms with Gasteiger partial charge in [0.2, 0.25) is 0 Å². The van der Waals surface area contributed by atoms with Crippen molar-refractivity contribution >= 4 is 23.1 Å². The van der Waals surface area contributed by atoms with Crippen LogP contribution >= 0.6 is 11.6 Å². The predicted molar refractivity (Wildman–Crippen MR) is 74.8 cm³/mol. The standard InChI is InChI=1S/C12H20ClN5/c1-9(7-18-5-3-2-4-6-18)17-12-10(14)11(13)15-8-16-12/h8-9H,2-7,14H2,1H3,(H,15,16,17). The minimum atomic E-state index is 0.288. The number of aromatic nitrogens is 2. The molecule has 1 unspecified atom stereocenters. The van der Waals surface area contributed by atoms with Gasteiger partial charge in [0.05, 0.1) is 0 Å². The second-order valence-electron chi connectivity index (χ2n) is 4.83. The molecule has 0 amide bonds. The van der Waals surface area contributed by atoms with Gasteiger partial charge in [0.25, 0.3) is 0 Å². The largest absolute Gasteiger partial charge is 0.393 e. The molecule has 2 rings (SSSR count). The average molecular weight is 270 g/mol. The minimum absolute atomic E-state index is 0.288. The second kappa shape index (κ2) is 6.20. The van der Waals surface area contributed by atoms with E-state index in [9.17, 15) is 0 Å². The third-order valence-corrected chi connectivity index (χ3v) is 3.50. The molecule has 0 radical (unpaired) electrons. The van der Waals surface area contributed by atoms with Crippen molar-refractivity contribution in [3.05, 3.63) is 11.5 Å². The van der Waals surface area contributed by atoms with Gasteiger partial charge in [-0.1, -0.05) is 18.0 Å². The summed E-state index contributed by atoms with van der Waals surface area (Å²) in [5.74, 6) is 0.625. The zero-order chi connectivity index (χ0) is 13.0. The van der Waals surface area contributed by atoms with E-state index in [1.165, 1.54) is 38.7 Å². The van der Waals surface area contributed by atoms with Crippen molar-refractivity contribution in [3.8, 4) is 0 Å². The molecule has 1 saturated heterocycles. The number of nitrogens with two attached hydrogens (primary N) is 1. The number of nitrogen functional groups attached to an aromatic ring is 1. The lowest BCUT2D eigenvalue weighted by molar-refractivity contribution is 0.223. The van der Waals surface area contributed by atoms with E-state index in [0.717, 1.165) is 6.54 Å². The zero-order valence-electron chi connectivity index (χ0n) is 10.7. The third-order valence-electron chi connectivity index (χ3n) is 3.20. The Morgan fingerprint density at radius 2 is 2.11 bits per heavy atom. The first kappa shape index (κ1) is 13.4. The highest BCUT2D eigenvalue weighted by atomic mass is 35.5. The van der Waals surface area contributed by atoms with Crippen LogP contribution in [0.25, 0.3) is 0 Å². The van der Waals surface area contributed by atoms with Crippen LogP contribution in [-0.2, 0) is 0 Å². The van der Waals surface area contributed by atoms with Crippen LogP contribution in [0.3, 0.4) is 0 Å². The fourth-order valence-electron chi connectivity index (χ4n) is 2.30. The molecule has 1 aliphatic heterocycles. The smallest absolute Gasteiger partial charge is 0.157 e. The molecule has 0 saturated carbocycles. The van der Waals surface area contributed by atoms with Gasteiger partial charge in [0.15, 0.2) is 11.0 Å². The summed E-state index contributed by atoms with van der Waals surface area (Å²) >= 11 is 5.86. The Hall–Kier alpha value is -1.07. The molecule has 18 heavy (non-hydrogen) atoms. The Bertz CT molecular complexity index is 392. The molecule has 1 fully saturated rings. The van der Waals surface area contributed by atoms with Crippen LogP contribution in [0.1, 0.15) is 26.2 Å². The van der Waals surface area contributed by atoms with Crippen molar-refractivity contribution in [2.24, 2.45) is 0 Å². The number of hydrogen-bond donors (Lipinski definition) is 2. The Morgan fingerprint density at radius 1 is 1.39 bits per heavy atom. The first-order valence-electron chi connectivity index (χ1n) is 6.41. The number of nitrogens with one attached hydrogen (secondary N) is 1. The summed E-state index contributed by atoms with van der Waals surface area (Å²) < 4.78 is 0. The maximum atomic E-state index is 5.86. The first-order valence-corrected chi connectivity index (χ1v) is 6.79. The summed E-state index contributed by atoms with van der Waals surface area (Å²) in [6.45, 7) is 5.50. The molecule has 0 aromatic carbocycles. The van der Waals surface area contributed by atoms with Gasteiger partial charge >= 0.3 is 0 Å². The molecule has 1 aliphatic rings. The summed E-state index contributed by atoms with van der Waals surface area (Å²) in [4.78, 5) is 10.4. The monoisotopic (exact) mass is 269 g/mol. The number of likely N-dealkylation sites (tertiary alicyclic amines) is 1. The molecule has 0 spiro atoms. The van der Waals surface area contributed by atoms with Crippen LogP contribution in [0.4, 0.5) is 11.5 Å². The second-order valence-corrected chi connectivity index (χ2v) is 5.19. The number of rotatable bonds is 4. The Kier molecular flexibility index (Phi) is 4.60. The Morgan fingerprint density at radius 3 is 2.83 bits per heavy atom. The van der Waals surface area contributed by atoms with E-state index in [0.29, 0.717) is 16.7 Å². The number of hydrogen-bond acceptors (Lipinski definition) is 5. The van der Waals surface area contributed by atoms with Crippen LogP contribution in [-0.4, -0.2) is 40.5 Å². The van der Waals surface area contributed by atoms with Crippen molar-refractivity contribution < 1.29 is 0 Å². The molecule has 1 aromatic heterocycles. The van der Waals surface area contributed by atoms with Gasteiger partial charge < -0.3 is 16.0 Å². The van der Waals surface area contributed by atoms with Crippen LogP contribution in [0.15, 0.2) is 6.33 Å². The number of halogens is 1. The fourth-order valence-corrected chi connectivity index (χ4v) is 2.43. The Balaban J connectivity index is 1.90. The molecular weight excluding hydrogens is 250 g/mol. The maximum absolute atomic E-state index is 5.86. The van der Waals surface area contributed by atoms with Crippen molar-refractivity contribution in [2.75, 3.05) is 30.7 Å². The highest BCUT2D eigenvalue weighted by Crippen LogP contribution is 2.22. The van der Waals surface area contributed by atoms with E-state index in [1.807, 2.05) is 0 Å². The van der Waals surface area contributed by atoms with Crippen LogP contribution < -0.4 is 11.1 Å². The van der Waals surface area contributed by atoms with E-state index >= 15 is 0 Å². The summed E-state index contributed by atoms with van der Waals surface area (Å²) in [6.07, 6.45) is 5.38. The van der Waals surface area contributed by atoms with E-state index < -0.39 is 0 Å². The molecule has 1 aromatic rings. The molecule has 3 N–H and O–H groups in total. The summed E-state index contributed by atoms with van der Waals surface area (Å²) in [7, 11) is 0. The van der Waals surface area contributed by atoms with Gasteiger partial charge in [-0.2, -0.15) is 0 Å². The molecular formula is C12H20ClN5. The van der Waals surface area contributed by atoms with Gasteiger partial charge in [0, 0.05) is 12.6 Å². The minimum Gasteiger partial charge on any atom is -0.393 e. The van der Waals surface area contributed by atoms with Gasteiger partial charge in [-0.3, -0.25) is 0 Å². The summed E-state index contributed by atoms with van der Waals surface area (Å²) in [5.41, 5.74) is 6.25. The van der Waals surface area contributed by atoms with Gasteiger partial charge in [-0.15, -0.1) is 0 Å². The van der Waals surface area contributed by atoms with E-state index in [2.05, 4.69) is 27.1 Å². The summed E-state index contributed by atoms with van der Waals surface area (Å²) in [5, 5.41) is 3.60. The lowest BCUT2D eigenvalue weighted by Crippen LogP contribution is -2.38. The van der Waals surface area contributed by atoms with Gasteiger partial charge in [-0.05, 0) is 32.9 Å². The van der Waals surface area contributed by atoms with Crippen molar-refractivity contribution in [1.29, 1.82) is 0 Å². The lowest BCUT2D eigenvalue weighted by atomic mass is 10.1. The van der Waals surface area contributed by atoms with E-state index in [-0.39, 0.29) is 6.04 Å². The molecule has 0 aliphatic carbocycles. The molecule has 1 atom stereocenters. The van der Waals surface area contributed by atoms with Crippen molar-refractivity contribution in [3.63, 3.8) is 0 Å². The number of anilines is 2. The predicted octanol–water partition coefficient (Wildman–Crippen LogP) is 2.00. The zero-order valence-corrected chi connectivity index (χ0v) is 11.5. The van der Waals surface area contributed by atoms with E-state index in [1.54, 1.807) is 0 Å². The highest BCUT2D eigenvalue weighted by Gasteiger charge is 2.15. The molecule has 0 bridgehead atoms. The van der Waals surface area contributed by atoms with Gasteiger partial charge in [-0.25, -0.2) is 9.97 Å². The van der Waals surface area contributed by atoms with Crippen LogP contribution in [0.2, 0.25) is 5.15 Å².